The van der Waals surface area contributed by atoms with Crippen molar-refractivity contribution < 1.29 is 4.79 Å². The molecule has 2 heterocycles. The minimum Gasteiger partial charge on any atom is -0.352 e. The second-order valence-electron chi connectivity index (χ2n) is 6.44. The van der Waals surface area contributed by atoms with Crippen molar-refractivity contribution in [2.24, 2.45) is 19.8 Å². The Hall–Kier alpha value is -2.42. The monoisotopic (exact) mass is 334 g/mol. The molecule has 130 valence electrons. The van der Waals surface area contributed by atoms with Crippen molar-refractivity contribution in [2.75, 3.05) is 0 Å². The summed E-state index contributed by atoms with van der Waals surface area (Å²) in [5.41, 5.74) is 5.55. The van der Waals surface area contributed by atoms with Crippen LogP contribution in [0.4, 0.5) is 0 Å². The van der Waals surface area contributed by atoms with Gasteiger partial charge >= 0.3 is 5.69 Å². The molecule has 3 N–H and O–H groups in total. The molecular formula is C15H22N6O3. The maximum atomic E-state index is 12.3. The molecule has 9 nitrogen and oxygen atoms in total. The van der Waals surface area contributed by atoms with Crippen molar-refractivity contribution >= 4 is 17.1 Å². The molecule has 0 spiro atoms. The quantitative estimate of drug-likeness (QED) is 0.733. The number of hydrogen-bond acceptors (Lipinski definition) is 5. The Labute approximate surface area is 138 Å². The number of imidazole rings is 1. The van der Waals surface area contributed by atoms with E-state index in [0.717, 1.165) is 30.3 Å². The lowest BCUT2D eigenvalue weighted by atomic mass is 9.91. The number of carbonyl (C=O) groups is 1. The average molecular weight is 334 g/mol. The van der Waals surface area contributed by atoms with E-state index in [1.54, 1.807) is 7.05 Å². The molecular weight excluding hydrogens is 312 g/mol. The summed E-state index contributed by atoms with van der Waals surface area (Å²) in [5, 5.41) is 2.97. The number of aromatic nitrogens is 4. The lowest BCUT2D eigenvalue weighted by Crippen LogP contribution is -2.43. The molecule has 2 atom stereocenters. The fourth-order valence-electron chi connectivity index (χ4n) is 3.30. The van der Waals surface area contributed by atoms with E-state index in [2.05, 4.69) is 10.3 Å². The van der Waals surface area contributed by atoms with Gasteiger partial charge in [-0.25, -0.2) is 9.78 Å². The van der Waals surface area contributed by atoms with Crippen LogP contribution in [0, 0.1) is 0 Å². The fraction of sp³-hybridized carbons (Fsp3) is 0.600. The predicted octanol–water partition coefficient (Wildman–Crippen LogP) is -1.18. The number of nitrogens with two attached hydrogens (primary N) is 1. The molecule has 2 aromatic rings. The largest absolute Gasteiger partial charge is 0.352 e. The van der Waals surface area contributed by atoms with E-state index in [1.165, 1.54) is 22.5 Å². The zero-order valence-electron chi connectivity index (χ0n) is 13.9. The Morgan fingerprint density at radius 2 is 2.08 bits per heavy atom. The van der Waals surface area contributed by atoms with Crippen molar-refractivity contribution in [1.29, 1.82) is 0 Å². The van der Waals surface area contributed by atoms with Gasteiger partial charge < -0.3 is 15.6 Å². The summed E-state index contributed by atoms with van der Waals surface area (Å²) in [4.78, 5) is 40.7. The zero-order valence-corrected chi connectivity index (χ0v) is 13.9. The first kappa shape index (κ1) is 16.4. The molecule has 2 unspecified atom stereocenters. The highest BCUT2D eigenvalue weighted by atomic mass is 16.2. The minimum atomic E-state index is -0.460. The second-order valence-corrected chi connectivity index (χ2v) is 6.44. The van der Waals surface area contributed by atoms with E-state index >= 15 is 0 Å². The lowest BCUT2D eigenvalue weighted by Gasteiger charge is -2.27. The molecule has 0 saturated heterocycles. The fourth-order valence-corrected chi connectivity index (χ4v) is 3.30. The van der Waals surface area contributed by atoms with Crippen molar-refractivity contribution in [3.05, 3.63) is 27.2 Å². The average Bonchev–Trinajstić information content (AvgIpc) is 2.94. The molecule has 1 fully saturated rings. The first-order valence-electron chi connectivity index (χ1n) is 8.04. The molecule has 0 bridgehead atoms. The molecule has 9 heteroatoms. The van der Waals surface area contributed by atoms with Crippen molar-refractivity contribution in [1.82, 2.24) is 24.0 Å². The Bertz CT molecular complexity index is 893. The minimum absolute atomic E-state index is 0.0182. The molecule has 0 aliphatic heterocycles. The normalized spacial score (nSPS) is 21.1. The van der Waals surface area contributed by atoms with Crippen LogP contribution in [0.2, 0.25) is 0 Å². The number of hydrogen-bond donors (Lipinski definition) is 2. The molecule has 1 amide bonds. The number of fused-ring (bicyclic) bond motifs is 1. The second kappa shape index (κ2) is 6.23. The van der Waals surface area contributed by atoms with E-state index in [0.29, 0.717) is 0 Å². The van der Waals surface area contributed by atoms with Crippen molar-refractivity contribution in [3.63, 3.8) is 0 Å². The van der Waals surface area contributed by atoms with Gasteiger partial charge in [0.2, 0.25) is 5.91 Å². The van der Waals surface area contributed by atoms with Crippen LogP contribution in [0.3, 0.4) is 0 Å². The van der Waals surface area contributed by atoms with Crippen LogP contribution in [0.15, 0.2) is 15.9 Å². The van der Waals surface area contributed by atoms with Crippen LogP contribution in [0.25, 0.3) is 11.2 Å². The third kappa shape index (κ3) is 2.86. The smallest absolute Gasteiger partial charge is 0.332 e. The maximum Gasteiger partial charge on any atom is 0.332 e. The number of carbonyl (C=O) groups excluding carboxylic acids is 1. The SMILES string of the molecule is Cn1c(=O)c2c(ncn2CC(=O)NC2CCCC(N)C2)n(C)c1=O. The summed E-state index contributed by atoms with van der Waals surface area (Å²) in [7, 11) is 2.95. The van der Waals surface area contributed by atoms with Crippen LogP contribution in [0.5, 0.6) is 0 Å². The number of nitrogens with one attached hydrogen (secondary N) is 1. The third-order valence-electron chi connectivity index (χ3n) is 4.61. The number of rotatable bonds is 3. The highest BCUT2D eigenvalue weighted by Crippen LogP contribution is 2.17. The summed E-state index contributed by atoms with van der Waals surface area (Å²) in [6.45, 7) is -0.0182. The van der Waals surface area contributed by atoms with Gasteiger partial charge in [0.15, 0.2) is 11.2 Å². The summed E-state index contributed by atoms with van der Waals surface area (Å²) in [6, 6.07) is 0.197. The van der Waals surface area contributed by atoms with Gasteiger partial charge in [-0.15, -0.1) is 0 Å². The van der Waals surface area contributed by atoms with E-state index in [4.69, 9.17) is 5.73 Å². The molecule has 1 aliphatic rings. The topological polar surface area (TPSA) is 117 Å². The summed E-state index contributed by atoms with van der Waals surface area (Å²) < 4.78 is 3.79. The van der Waals surface area contributed by atoms with Crippen molar-refractivity contribution in [3.8, 4) is 0 Å². The Morgan fingerprint density at radius 1 is 1.33 bits per heavy atom. The van der Waals surface area contributed by atoms with Gasteiger partial charge in [-0.05, 0) is 25.7 Å². The summed E-state index contributed by atoms with van der Waals surface area (Å²) in [6.07, 6.45) is 5.09. The van der Waals surface area contributed by atoms with Crippen LogP contribution < -0.4 is 22.3 Å². The lowest BCUT2D eigenvalue weighted by molar-refractivity contribution is -0.122. The van der Waals surface area contributed by atoms with Gasteiger partial charge in [-0.2, -0.15) is 0 Å². The Balaban J connectivity index is 1.84. The summed E-state index contributed by atoms with van der Waals surface area (Å²) >= 11 is 0. The van der Waals surface area contributed by atoms with Crippen LogP contribution in [-0.2, 0) is 25.4 Å². The standard InChI is InChI=1S/C15H22N6O3/c1-19-13-12(14(23)20(2)15(19)24)21(8-17-13)7-11(22)18-10-5-3-4-9(16)6-10/h8-10H,3-7,16H2,1-2H3,(H,18,22). The van der Waals surface area contributed by atoms with Crippen LogP contribution >= 0.6 is 0 Å². The molecule has 1 saturated carbocycles. The number of aryl methyl sites for hydroxylation is 1. The first-order valence-corrected chi connectivity index (χ1v) is 8.04. The molecule has 0 aromatic carbocycles. The zero-order chi connectivity index (χ0) is 17.4. The number of nitrogens with zero attached hydrogens (tertiary/aromatic N) is 4. The van der Waals surface area contributed by atoms with E-state index < -0.39 is 11.2 Å². The summed E-state index contributed by atoms with van der Waals surface area (Å²) in [5.74, 6) is -0.190. The maximum absolute atomic E-state index is 12.3. The molecule has 2 aromatic heterocycles. The predicted molar refractivity (Wildman–Crippen MR) is 88.6 cm³/mol. The van der Waals surface area contributed by atoms with Crippen molar-refractivity contribution in [2.45, 2.75) is 44.3 Å². The Kier molecular flexibility index (Phi) is 4.27. The molecule has 0 radical (unpaired) electrons. The van der Waals surface area contributed by atoms with Gasteiger partial charge in [0, 0.05) is 26.2 Å². The van der Waals surface area contributed by atoms with E-state index in [9.17, 15) is 14.4 Å². The Morgan fingerprint density at radius 3 is 2.79 bits per heavy atom. The first-order chi connectivity index (χ1) is 11.4. The van der Waals surface area contributed by atoms with Gasteiger partial charge in [0.1, 0.15) is 6.54 Å². The highest BCUT2D eigenvalue weighted by molar-refractivity contribution is 5.79. The van der Waals surface area contributed by atoms with Gasteiger partial charge in [0.25, 0.3) is 5.56 Å². The highest BCUT2D eigenvalue weighted by Gasteiger charge is 2.22. The number of amides is 1. The molecule has 24 heavy (non-hydrogen) atoms. The van der Waals surface area contributed by atoms with Crippen LogP contribution in [-0.4, -0.2) is 36.7 Å². The van der Waals surface area contributed by atoms with Crippen LogP contribution in [0.1, 0.15) is 25.7 Å². The molecule has 1 aliphatic carbocycles. The third-order valence-corrected chi connectivity index (χ3v) is 4.61. The van der Waals surface area contributed by atoms with Gasteiger partial charge in [-0.1, -0.05) is 0 Å². The van der Waals surface area contributed by atoms with E-state index in [-0.39, 0.29) is 35.7 Å². The van der Waals surface area contributed by atoms with E-state index in [1.807, 2.05) is 0 Å². The van der Waals surface area contributed by atoms with Gasteiger partial charge in [-0.3, -0.25) is 18.7 Å². The van der Waals surface area contributed by atoms with Gasteiger partial charge in [0.05, 0.1) is 6.33 Å². The molecule has 3 rings (SSSR count).